The molecule has 0 saturated heterocycles. The van der Waals surface area contributed by atoms with Crippen LogP contribution in [0.15, 0.2) is 40.4 Å². The van der Waals surface area contributed by atoms with Gasteiger partial charge >= 0.3 is 0 Å². The number of nitrogens with zero attached hydrogens (tertiary/aromatic N) is 3. The summed E-state index contributed by atoms with van der Waals surface area (Å²) in [6.45, 7) is 9.05. The van der Waals surface area contributed by atoms with E-state index < -0.39 is 5.91 Å². The standard InChI is InChI=1S/C27H29BrN4O4S/c1-5-18-10-17(4)11-21(13-18)35-8-9-36-25-22(28)14-19(15-23(25)34-7-3)12-20(16-29)26(33)30-27-32-31-24(6-2)37-27/h10-15H,5-9H2,1-4H3,(H,30,32,33)/b20-12-. The number of aryl methyl sites for hydroxylation is 3. The molecule has 194 valence electrons. The van der Waals surface area contributed by atoms with E-state index in [1.165, 1.54) is 23.0 Å². The zero-order valence-corrected chi connectivity index (χ0v) is 23.7. The van der Waals surface area contributed by atoms with Gasteiger partial charge < -0.3 is 14.2 Å². The quantitative estimate of drug-likeness (QED) is 0.155. The Morgan fingerprint density at radius 2 is 1.86 bits per heavy atom. The molecule has 8 nitrogen and oxygen atoms in total. The van der Waals surface area contributed by atoms with Crippen molar-refractivity contribution < 1.29 is 19.0 Å². The van der Waals surface area contributed by atoms with E-state index in [-0.39, 0.29) is 5.57 Å². The molecule has 0 unspecified atom stereocenters. The number of anilines is 1. The smallest absolute Gasteiger partial charge is 0.268 e. The van der Waals surface area contributed by atoms with Gasteiger partial charge in [0.1, 0.15) is 35.6 Å². The highest BCUT2D eigenvalue weighted by atomic mass is 79.9. The van der Waals surface area contributed by atoms with E-state index in [9.17, 15) is 10.1 Å². The van der Waals surface area contributed by atoms with Gasteiger partial charge in [-0.2, -0.15) is 5.26 Å². The molecule has 1 N–H and O–H groups in total. The summed E-state index contributed by atoms with van der Waals surface area (Å²) >= 11 is 4.81. The Kier molecular flexibility index (Phi) is 10.5. The van der Waals surface area contributed by atoms with Gasteiger partial charge in [-0.3, -0.25) is 10.1 Å². The van der Waals surface area contributed by atoms with Crippen LogP contribution in [0.1, 0.15) is 42.5 Å². The molecule has 0 fully saturated rings. The van der Waals surface area contributed by atoms with Gasteiger partial charge in [-0.1, -0.05) is 31.3 Å². The highest BCUT2D eigenvalue weighted by Gasteiger charge is 2.16. The Labute approximate surface area is 229 Å². The number of hydrogen-bond acceptors (Lipinski definition) is 8. The lowest BCUT2D eigenvalue weighted by atomic mass is 10.1. The van der Waals surface area contributed by atoms with E-state index in [2.05, 4.69) is 44.4 Å². The first kappa shape index (κ1) is 28.2. The molecule has 0 bridgehead atoms. The first-order valence-electron chi connectivity index (χ1n) is 11.9. The topological polar surface area (TPSA) is 106 Å². The van der Waals surface area contributed by atoms with Gasteiger partial charge in [0.2, 0.25) is 5.13 Å². The van der Waals surface area contributed by atoms with E-state index in [0.29, 0.717) is 46.5 Å². The van der Waals surface area contributed by atoms with Crippen molar-refractivity contribution in [1.82, 2.24) is 10.2 Å². The number of rotatable bonds is 12. The van der Waals surface area contributed by atoms with Crippen LogP contribution >= 0.6 is 27.3 Å². The van der Waals surface area contributed by atoms with E-state index in [4.69, 9.17) is 14.2 Å². The van der Waals surface area contributed by atoms with Gasteiger partial charge in [-0.05, 0) is 89.7 Å². The molecule has 3 aromatic rings. The summed E-state index contributed by atoms with van der Waals surface area (Å²) < 4.78 is 18.3. The third-order valence-electron chi connectivity index (χ3n) is 5.11. The largest absolute Gasteiger partial charge is 0.490 e. The van der Waals surface area contributed by atoms with Gasteiger partial charge in [-0.15, -0.1) is 10.2 Å². The molecular formula is C27H29BrN4O4S. The summed E-state index contributed by atoms with van der Waals surface area (Å²) in [5.41, 5.74) is 2.90. The minimum absolute atomic E-state index is 0.0748. The number of halogens is 1. The third-order valence-corrected chi connectivity index (χ3v) is 6.69. The number of carbonyl (C=O) groups excluding carboxylic acids is 1. The normalized spacial score (nSPS) is 11.1. The van der Waals surface area contributed by atoms with E-state index >= 15 is 0 Å². The number of nitriles is 1. The highest BCUT2D eigenvalue weighted by molar-refractivity contribution is 9.10. The predicted molar refractivity (Wildman–Crippen MR) is 148 cm³/mol. The summed E-state index contributed by atoms with van der Waals surface area (Å²) in [7, 11) is 0. The lowest BCUT2D eigenvalue weighted by Gasteiger charge is -2.15. The summed E-state index contributed by atoms with van der Waals surface area (Å²) in [6, 6.07) is 11.6. The molecule has 1 heterocycles. The van der Waals surface area contributed by atoms with Crippen molar-refractivity contribution >= 4 is 44.4 Å². The molecule has 2 aromatic carbocycles. The van der Waals surface area contributed by atoms with Gasteiger partial charge in [0.05, 0.1) is 11.1 Å². The van der Waals surface area contributed by atoms with Crippen molar-refractivity contribution in [3.63, 3.8) is 0 Å². The predicted octanol–water partition coefficient (Wildman–Crippen LogP) is 6.14. The fourth-order valence-corrected chi connectivity index (χ4v) is 4.66. The maximum atomic E-state index is 12.6. The Morgan fingerprint density at radius 3 is 2.54 bits per heavy atom. The molecule has 0 aliphatic heterocycles. The van der Waals surface area contributed by atoms with Crippen molar-refractivity contribution in [1.29, 1.82) is 5.26 Å². The molecule has 1 amide bonds. The molecule has 0 atom stereocenters. The number of carbonyl (C=O) groups is 1. The maximum absolute atomic E-state index is 12.6. The first-order chi connectivity index (χ1) is 17.9. The van der Waals surface area contributed by atoms with Crippen LogP contribution in [-0.2, 0) is 17.6 Å². The molecule has 0 aliphatic carbocycles. The molecule has 0 saturated carbocycles. The molecule has 0 spiro atoms. The molecule has 0 radical (unpaired) electrons. The third kappa shape index (κ3) is 8.03. The second-order valence-corrected chi connectivity index (χ2v) is 9.86. The van der Waals surface area contributed by atoms with Crippen LogP contribution in [0.2, 0.25) is 0 Å². The van der Waals surface area contributed by atoms with Gasteiger partial charge in [0.15, 0.2) is 11.5 Å². The van der Waals surface area contributed by atoms with Crippen LogP contribution in [-0.4, -0.2) is 35.9 Å². The lowest BCUT2D eigenvalue weighted by molar-refractivity contribution is -0.112. The Morgan fingerprint density at radius 1 is 1.08 bits per heavy atom. The number of hydrogen-bond donors (Lipinski definition) is 1. The van der Waals surface area contributed by atoms with E-state index in [1.807, 2.05) is 39.0 Å². The first-order valence-corrected chi connectivity index (χ1v) is 13.6. The van der Waals surface area contributed by atoms with Gasteiger partial charge in [-0.25, -0.2) is 0 Å². The average molecular weight is 586 g/mol. The average Bonchev–Trinajstić information content (AvgIpc) is 3.33. The highest BCUT2D eigenvalue weighted by Crippen LogP contribution is 2.37. The lowest BCUT2D eigenvalue weighted by Crippen LogP contribution is -2.13. The van der Waals surface area contributed by atoms with Crippen molar-refractivity contribution in [3.8, 4) is 23.3 Å². The monoisotopic (exact) mass is 584 g/mol. The summed E-state index contributed by atoms with van der Waals surface area (Å²) in [6.07, 6.45) is 3.15. The molecule has 1 aromatic heterocycles. The van der Waals surface area contributed by atoms with Crippen LogP contribution in [0.4, 0.5) is 5.13 Å². The van der Waals surface area contributed by atoms with E-state index in [1.54, 1.807) is 12.1 Å². The van der Waals surface area contributed by atoms with Crippen molar-refractivity contribution in [3.05, 3.63) is 62.1 Å². The van der Waals surface area contributed by atoms with Crippen molar-refractivity contribution in [2.75, 3.05) is 25.1 Å². The van der Waals surface area contributed by atoms with E-state index in [0.717, 1.165) is 29.2 Å². The van der Waals surface area contributed by atoms with Crippen LogP contribution in [0.25, 0.3) is 6.08 Å². The second-order valence-electron chi connectivity index (χ2n) is 7.95. The molecule has 10 heteroatoms. The minimum atomic E-state index is -0.560. The Hall–Kier alpha value is -3.42. The SMILES string of the molecule is CCOc1cc(/C=C(/C#N)C(=O)Nc2nnc(CC)s2)cc(Br)c1OCCOc1cc(C)cc(CC)c1. The number of benzene rings is 2. The summed E-state index contributed by atoms with van der Waals surface area (Å²) in [5, 5.41) is 21.3. The fourth-order valence-electron chi connectivity index (χ4n) is 3.42. The fraction of sp³-hybridized carbons (Fsp3) is 0.333. The van der Waals surface area contributed by atoms with Crippen LogP contribution in [0.5, 0.6) is 17.2 Å². The summed E-state index contributed by atoms with van der Waals surface area (Å²) in [5.74, 6) is 1.26. The summed E-state index contributed by atoms with van der Waals surface area (Å²) in [4.78, 5) is 12.6. The number of nitrogens with one attached hydrogen (secondary N) is 1. The zero-order chi connectivity index (χ0) is 26.8. The van der Waals surface area contributed by atoms with Crippen LogP contribution in [0.3, 0.4) is 0 Å². The molecular weight excluding hydrogens is 556 g/mol. The zero-order valence-electron chi connectivity index (χ0n) is 21.3. The minimum Gasteiger partial charge on any atom is -0.490 e. The number of ether oxygens (including phenoxy) is 3. The van der Waals surface area contributed by atoms with Crippen LogP contribution < -0.4 is 19.5 Å². The molecule has 0 aliphatic rings. The maximum Gasteiger partial charge on any atom is 0.268 e. The van der Waals surface area contributed by atoms with Crippen LogP contribution in [0, 0.1) is 18.3 Å². The molecule has 3 rings (SSSR count). The second kappa shape index (κ2) is 13.8. The van der Waals surface area contributed by atoms with Gasteiger partial charge in [0.25, 0.3) is 5.91 Å². The Bertz CT molecular complexity index is 1320. The van der Waals surface area contributed by atoms with Gasteiger partial charge in [0, 0.05) is 0 Å². The van der Waals surface area contributed by atoms with Crippen molar-refractivity contribution in [2.24, 2.45) is 0 Å². The Balaban J connectivity index is 1.71. The number of amides is 1. The molecule has 37 heavy (non-hydrogen) atoms. The number of aromatic nitrogens is 2. The van der Waals surface area contributed by atoms with Crippen molar-refractivity contribution in [2.45, 2.75) is 40.5 Å².